The van der Waals surface area contributed by atoms with Gasteiger partial charge in [0.15, 0.2) is 0 Å². The number of rotatable bonds is 5. The van der Waals surface area contributed by atoms with E-state index in [0.29, 0.717) is 0 Å². The standard InChI is InChI=1S/C16H20O/c1-3-4-9-17-10-8-14-6-5-7-15-11-13(2)12-16(14)15/h5-8,10,12H,3-4,9,11H2,1-2H3. The summed E-state index contributed by atoms with van der Waals surface area (Å²) < 4.78 is 5.46. The summed E-state index contributed by atoms with van der Waals surface area (Å²) in [7, 11) is 0. The van der Waals surface area contributed by atoms with Crippen LogP contribution in [-0.2, 0) is 11.2 Å². The molecular weight excluding hydrogens is 208 g/mol. The lowest BCUT2D eigenvalue weighted by Crippen LogP contribution is -1.87. The SMILES string of the molecule is CCCCOC=Cc1cccc2c1C=C(C)C2. The van der Waals surface area contributed by atoms with E-state index in [0.717, 1.165) is 19.4 Å². The monoisotopic (exact) mass is 228 g/mol. The molecular formula is C16H20O. The van der Waals surface area contributed by atoms with Crippen LogP contribution in [0.25, 0.3) is 12.2 Å². The first-order chi connectivity index (χ1) is 8.31. The number of fused-ring (bicyclic) bond motifs is 1. The van der Waals surface area contributed by atoms with Crippen molar-refractivity contribution in [2.45, 2.75) is 33.1 Å². The van der Waals surface area contributed by atoms with Crippen LogP contribution in [0.1, 0.15) is 43.4 Å². The molecule has 0 bridgehead atoms. The minimum Gasteiger partial charge on any atom is -0.501 e. The van der Waals surface area contributed by atoms with Crippen LogP contribution >= 0.6 is 0 Å². The molecule has 0 fully saturated rings. The van der Waals surface area contributed by atoms with Crippen molar-refractivity contribution in [2.24, 2.45) is 0 Å². The predicted octanol–water partition coefficient (Wildman–Crippen LogP) is 4.43. The molecule has 0 spiro atoms. The van der Waals surface area contributed by atoms with Crippen LogP contribution in [0, 0.1) is 0 Å². The van der Waals surface area contributed by atoms with Gasteiger partial charge in [-0.15, -0.1) is 0 Å². The summed E-state index contributed by atoms with van der Waals surface area (Å²) in [4.78, 5) is 0. The quantitative estimate of drug-likeness (QED) is 0.535. The van der Waals surface area contributed by atoms with Crippen molar-refractivity contribution in [1.82, 2.24) is 0 Å². The molecule has 0 aromatic heterocycles. The average molecular weight is 228 g/mol. The number of unbranched alkanes of at least 4 members (excludes halogenated alkanes) is 1. The zero-order chi connectivity index (χ0) is 12.1. The summed E-state index contributed by atoms with van der Waals surface area (Å²) in [5.74, 6) is 0. The molecule has 1 aromatic rings. The number of hydrogen-bond acceptors (Lipinski definition) is 1. The number of allylic oxidation sites excluding steroid dienone is 1. The second-order valence-corrected chi connectivity index (χ2v) is 4.61. The lowest BCUT2D eigenvalue weighted by Gasteiger charge is -2.03. The van der Waals surface area contributed by atoms with Gasteiger partial charge >= 0.3 is 0 Å². The van der Waals surface area contributed by atoms with Crippen molar-refractivity contribution < 1.29 is 4.74 Å². The molecule has 0 radical (unpaired) electrons. The maximum absolute atomic E-state index is 5.46. The summed E-state index contributed by atoms with van der Waals surface area (Å²) in [6.45, 7) is 5.17. The van der Waals surface area contributed by atoms with Crippen molar-refractivity contribution in [3.05, 3.63) is 46.7 Å². The number of benzene rings is 1. The molecule has 0 saturated heterocycles. The van der Waals surface area contributed by atoms with Gasteiger partial charge in [-0.25, -0.2) is 0 Å². The fourth-order valence-electron chi connectivity index (χ4n) is 2.12. The maximum atomic E-state index is 5.46. The van der Waals surface area contributed by atoms with Crippen LogP contribution < -0.4 is 0 Å². The van der Waals surface area contributed by atoms with E-state index < -0.39 is 0 Å². The summed E-state index contributed by atoms with van der Waals surface area (Å²) in [6, 6.07) is 6.47. The van der Waals surface area contributed by atoms with E-state index in [1.165, 1.54) is 28.7 Å². The Balaban J connectivity index is 2.05. The Hall–Kier alpha value is -1.50. The number of ether oxygens (including phenoxy) is 1. The van der Waals surface area contributed by atoms with Crippen LogP contribution in [0.4, 0.5) is 0 Å². The molecule has 90 valence electrons. The normalized spacial score (nSPS) is 13.9. The first kappa shape index (κ1) is 12.0. The largest absolute Gasteiger partial charge is 0.501 e. The summed E-state index contributed by atoms with van der Waals surface area (Å²) in [5, 5.41) is 0. The minimum absolute atomic E-state index is 0.816. The molecule has 17 heavy (non-hydrogen) atoms. The molecule has 1 aliphatic rings. The Morgan fingerprint density at radius 2 is 2.24 bits per heavy atom. The Kier molecular flexibility index (Phi) is 4.03. The highest BCUT2D eigenvalue weighted by atomic mass is 16.5. The zero-order valence-electron chi connectivity index (χ0n) is 10.7. The van der Waals surface area contributed by atoms with E-state index in [2.05, 4.69) is 44.2 Å². The Bertz CT molecular complexity index is 441. The van der Waals surface area contributed by atoms with Gasteiger partial charge in [-0.05, 0) is 42.5 Å². The third-order valence-electron chi connectivity index (χ3n) is 3.05. The van der Waals surface area contributed by atoms with Crippen LogP contribution in [0.5, 0.6) is 0 Å². The summed E-state index contributed by atoms with van der Waals surface area (Å²) in [5.41, 5.74) is 5.49. The molecule has 1 nitrogen and oxygen atoms in total. The van der Waals surface area contributed by atoms with Gasteiger partial charge in [0.1, 0.15) is 0 Å². The molecule has 1 aliphatic carbocycles. The highest BCUT2D eigenvalue weighted by molar-refractivity contribution is 5.72. The highest BCUT2D eigenvalue weighted by Crippen LogP contribution is 2.28. The maximum Gasteiger partial charge on any atom is 0.0873 e. The van der Waals surface area contributed by atoms with Gasteiger partial charge in [0.25, 0.3) is 0 Å². The molecule has 1 aromatic carbocycles. The van der Waals surface area contributed by atoms with Gasteiger partial charge in [0.05, 0.1) is 12.9 Å². The van der Waals surface area contributed by atoms with Gasteiger partial charge in [0.2, 0.25) is 0 Å². The van der Waals surface area contributed by atoms with E-state index >= 15 is 0 Å². The van der Waals surface area contributed by atoms with Crippen molar-refractivity contribution in [1.29, 1.82) is 0 Å². The third-order valence-corrected chi connectivity index (χ3v) is 3.05. The molecule has 0 unspecified atom stereocenters. The molecule has 2 rings (SSSR count). The van der Waals surface area contributed by atoms with E-state index in [4.69, 9.17) is 4.74 Å². The molecule has 0 heterocycles. The van der Waals surface area contributed by atoms with Gasteiger partial charge in [-0.3, -0.25) is 0 Å². The predicted molar refractivity (Wildman–Crippen MR) is 73.7 cm³/mol. The summed E-state index contributed by atoms with van der Waals surface area (Å²) in [6.07, 6.45) is 9.57. The fraction of sp³-hybridized carbons (Fsp3) is 0.375. The van der Waals surface area contributed by atoms with Crippen LogP contribution in [0.3, 0.4) is 0 Å². The van der Waals surface area contributed by atoms with E-state index in [-0.39, 0.29) is 0 Å². The van der Waals surface area contributed by atoms with E-state index in [1.54, 1.807) is 0 Å². The highest BCUT2D eigenvalue weighted by Gasteiger charge is 2.11. The lowest BCUT2D eigenvalue weighted by molar-refractivity contribution is 0.246. The Morgan fingerprint density at radius 1 is 1.35 bits per heavy atom. The van der Waals surface area contributed by atoms with Gasteiger partial charge < -0.3 is 4.74 Å². The summed E-state index contributed by atoms with van der Waals surface area (Å²) >= 11 is 0. The van der Waals surface area contributed by atoms with E-state index in [1.807, 2.05) is 6.26 Å². The Labute approximate surface area is 104 Å². The van der Waals surface area contributed by atoms with Crippen molar-refractivity contribution >= 4 is 12.2 Å². The Morgan fingerprint density at radius 3 is 3.06 bits per heavy atom. The minimum atomic E-state index is 0.816. The molecule has 0 aliphatic heterocycles. The van der Waals surface area contributed by atoms with Gasteiger partial charge in [-0.2, -0.15) is 0 Å². The van der Waals surface area contributed by atoms with Gasteiger partial charge in [-0.1, -0.05) is 43.2 Å². The molecule has 0 saturated carbocycles. The van der Waals surface area contributed by atoms with Crippen LogP contribution in [0.15, 0.2) is 30.0 Å². The number of hydrogen-bond donors (Lipinski definition) is 0. The molecule has 1 heteroatoms. The first-order valence-corrected chi connectivity index (χ1v) is 6.38. The lowest BCUT2D eigenvalue weighted by atomic mass is 10.0. The van der Waals surface area contributed by atoms with Crippen LogP contribution in [-0.4, -0.2) is 6.61 Å². The fourth-order valence-corrected chi connectivity index (χ4v) is 2.12. The average Bonchev–Trinajstić information content (AvgIpc) is 2.70. The van der Waals surface area contributed by atoms with Crippen LogP contribution in [0.2, 0.25) is 0 Å². The second kappa shape index (κ2) is 5.72. The third kappa shape index (κ3) is 3.00. The molecule has 0 amide bonds. The van der Waals surface area contributed by atoms with Gasteiger partial charge in [0, 0.05) is 0 Å². The van der Waals surface area contributed by atoms with Crippen molar-refractivity contribution in [3.63, 3.8) is 0 Å². The topological polar surface area (TPSA) is 9.23 Å². The first-order valence-electron chi connectivity index (χ1n) is 6.38. The molecule has 0 atom stereocenters. The van der Waals surface area contributed by atoms with Crippen molar-refractivity contribution in [2.75, 3.05) is 6.61 Å². The van der Waals surface area contributed by atoms with E-state index in [9.17, 15) is 0 Å². The van der Waals surface area contributed by atoms with Crippen molar-refractivity contribution in [3.8, 4) is 0 Å². The zero-order valence-corrected chi connectivity index (χ0v) is 10.7. The smallest absolute Gasteiger partial charge is 0.0873 e. The molecule has 0 N–H and O–H groups in total. The second-order valence-electron chi connectivity index (χ2n) is 4.61.